The zero-order valence-electron chi connectivity index (χ0n) is 9.76. The van der Waals surface area contributed by atoms with Gasteiger partial charge in [0.1, 0.15) is 0 Å². The highest BCUT2D eigenvalue weighted by molar-refractivity contribution is 7.99. The van der Waals surface area contributed by atoms with Gasteiger partial charge in [0.05, 0.1) is 9.82 Å². The summed E-state index contributed by atoms with van der Waals surface area (Å²) in [6.45, 7) is 0. The Balaban J connectivity index is 2.00. The zero-order chi connectivity index (χ0) is 12.3. The van der Waals surface area contributed by atoms with E-state index in [0.717, 1.165) is 16.6 Å². The third-order valence-electron chi connectivity index (χ3n) is 3.04. The Labute approximate surface area is 105 Å². The molecular formula is C12H16N2O2S. The second kappa shape index (κ2) is 5.51. The van der Waals surface area contributed by atoms with E-state index in [9.17, 15) is 10.1 Å². The maximum Gasteiger partial charge on any atom is 0.282 e. The number of thioether (sulfide) groups is 1. The van der Waals surface area contributed by atoms with Gasteiger partial charge < -0.3 is 5.32 Å². The van der Waals surface area contributed by atoms with E-state index >= 15 is 0 Å². The molecule has 1 aromatic rings. The molecule has 1 N–H and O–H groups in total. The van der Waals surface area contributed by atoms with E-state index in [1.54, 1.807) is 23.9 Å². The van der Waals surface area contributed by atoms with Crippen LogP contribution in [0.4, 0.5) is 5.69 Å². The van der Waals surface area contributed by atoms with Gasteiger partial charge in [-0.05, 0) is 31.9 Å². The van der Waals surface area contributed by atoms with E-state index in [-0.39, 0.29) is 10.6 Å². The highest BCUT2D eigenvalue weighted by Gasteiger charge is 2.30. The highest BCUT2D eigenvalue weighted by atomic mass is 32.2. The lowest BCUT2D eigenvalue weighted by molar-refractivity contribution is -0.387. The molecule has 17 heavy (non-hydrogen) atoms. The van der Waals surface area contributed by atoms with Gasteiger partial charge in [0, 0.05) is 17.9 Å². The van der Waals surface area contributed by atoms with Crippen molar-refractivity contribution in [2.45, 2.75) is 23.8 Å². The first kappa shape index (κ1) is 12.4. The average molecular weight is 252 g/mol. The number of nitrogens with one attached hydrogen (secondary N) is 1. The summed E-state index contributed by atoms with van der Waals surface area (Å²) in [5, 5.41) is 14.2. The molecule has 0 radical (unpaired) electrons. The Kier molecular flexibility index (Phi) is 4.02. The molecule has 0 aromatic heterocycles. The van der Waals surface area contributed by atoms with Crippen molar-refractivity contribution in [2.75, 3.05) is 12.8 Å². The minimum absolute atomic E-state index is 0.211. The van der Waals surface area contributed by atoms with Gasteiger partial charge in [-0.15, -0.1) is 11.8 Å². The lowest BCUT2D eigenvalue weighted by Gasteiger charge is -2.14. The van der Waals surface area contributed by atoms with E-state index < -0.39 is 0 Å². The van der Waals surface area contributed by atoms with Crippen LogP contribution in [-0.4, -0.2) is 23.8 Å². The van der Waals surface area contributed by atoms with Gasteiger partial charge in [-0.25, -0.2) is 0 Å². The van der Waals surface area contributed by atoms with Crippen molar-refractivity contribution in [1.82, 2.24) is 5.32 Å². The fraction of sp³-hybridized carbons (Fsp3) is 0.500. The third kappa shape index (κ3) is 3.20. The van der Waals surface area contributed by atoms with E-state index in [1.807, 2.05) is 19.2 Å². The lowest BCUT2D eigenvalue weighted by atomic mass is 10.2. The second-order valence-electron chi connectivity index (χ2n) is 4.27. The summed E-state index contributed by atoms with van der Waals surface area (Å²) in [5.41, 5.74) is 0.211. The zero-order valence-corrected chi connectivity index (χ0v) is 10.6. The fourth-order valence-corrected chi connectivity index (χ4v) is 3.13. The third-order valence-corrected chi connectivity index (χ3v) is 4.22. The van der Waals surface area contributed by atoms with Crippen molar-refractivity contribution >= 4 is 17.4 Å². The lowest BCUT2D eigenvalue weighted by Crippen LogP contribution is -2.29. The number of nitrogens with zero attached hydrogens (tertiary/aromatic N) is 1. The normalized spacial score (nSPS) is 16.8. The Bertz CT molecular complexity index is 407. The largest absolute Gasteiger partial charge is 0.316 e. The van der Waals surface area contributed by atoms with Crippen molar-refractivity contribution < 1.29 is 4.92 Å². The van der Waals surface area contributed by atoms with Crippen molar-refractivity contribution in [3.63, 3.8) is 0 Å². The van der Waals surface area contributed by atoms with Crippen LogP contribution in [0.1, 0.15) is 12.8 Å². The summed E-state index contributed by atoms with van der Waals surface area (Å²) in [5.74, 6) is 1.65. The van der Waals surface area contributed by atoms with Crippen LogP contribution in [0.3, 0.4) is 0 Å². The number of hydrogen-bond acceptors (Lipinski definition) is 4. The van der Waals surface area contributed by atoms with Gasteiger partial charge in [0.25, 0.3) is 5.69 Å². The first-order valence-corrected chi connectivity index (χ1v) is 6.74. The summed E-state index contributed by atoms with van der Waals surface area (Å²) < 4.78 is 0. The molecule has 0 aliphatic heterocycles. The molecule has 0 spiro atoms. The number of benzene rings is 1. The van der Waals surface area contributed by atoms with Crippen LogP contribution < -0.4 is 5.32 Å². The Hall–Kier alpha value is -1.07. The molecule has 92 valence electrons. The standard InChI is InChI=1S/C12H16N2O2S/c1-13-10(9-6-7-9)8-17-12-5-3-2-4-11(12)14(15)16/h2-5,9-10,13H,6-8H2,1H3. The first-order valence-electron chi connectivity index (χ1n) is 5.76. The van der Waals surface area contributed by atoms with Crippen LogP contribution >= 0.6 is 11.8 Å². The molecule has 1 aromatic carbocycles. The van der Waals surface area contributed by atoms with Gasteiger partial charge in [0.15, 0.2) is 0 Å². The van der Waals surface area contributed by atoms with Crippen LogP contribution in [0, 0.1) is 16.0 Å². The van der Waals surface area contributed by atoms with E-state index in [4.69, 9.17) is 0 Å². The summed E-state index contributed by atoms with van der Waals surface area (Å²) in [6, 6.07) is 7.41. The minimum Gasteiger partial charge on any atom is -0.316 e. The highest BCUT2D eigenvalue weighted by Crippen LogP contribution is 2.36. The summed E-state index contributed by atoms with van der Waals surface area (Å²) in [6.07, 6.45) is 2.56. The SMILES string of the molecule is CNC(CSc1ccccc1[N+](=O)[O-])C1CC1. The molecule has 2 rings (SSSR count). The summed E-state index contributed by atoms with van der Waals surface area (Å²) in [4.78, 5) is 11.3. The van der Waals surface area contributed by atoms with Crippen molar-refractivity contribution in [1.29, 1.82) is 0 Å². The molecule has 0 saturated heterocycles. The van der Waals surface area contributed by atoms with Crippen molar-refractivity contribution in [2.24, 2.45) is 5.92 Å². The second-order valence-corrected chi connectivity index (χ2v) is 5.33. The molecule has 1 fully saturated rings. The molecule has 0 amide bonds. The Morgan fingerprint density at radius 2 is 2.24 bits per heavy atom. The smallest absolute Gasteiger partial charge is 0.282 e. The predicted octanol–water partition coefficient (Wildman–Crippen LogP) is 2.68. The van der Waals surface area contributed by atoms with Crippen LogP contribution in [0.15, 0.2) is 29.2 Å². The molecular weight excluding hydrogens is 236 g/mol. The van der Waals surface area contributed by atoms with Crippen LogP contribution in [0.25, 0.3) is 0 Å². The van der Waals surface area contributed by atoms with E-state index in [0.29, 0.717) is 6.04 Å². The molecule has 1 atom stereocenters. The van der Waals surface area contributed by atoms with Gasteiger partial charge in [0.2, 0.25) is 0 Å². The quantitative estimate of drug-likeness (QED) is 0.480. The Morgan fingerprint density at radius 1 is 1.53 bits per heavy atom. The van der Waals surface area contributed by atoms with Crippen molar-refractivity contribution in [3.8, 4) is 0 Å². The first-order chi connectivity index (χ1) is 8.22. The molecule has 0 heterocycles. The van der Waals surface area contributed by atoms with Crippen LogP contribution in [-0.2, 0) is 0 Å². The number of nitro benzene ring substituents is 1. The molecule has 1 aliphatic rings. The number of para-hydroxylation sites is 1. The van der Waals surface area contributed by atoms with Gasteiger partial charge in [-0.1, -0.05) is 12.1 Å². The molecule has 0 bridgehead atoms. The fourth-order valence-electron chi connectivity index (χ4n) is 1.86. The molecule has 1 aliphatic carbocycles. The average Bonchev–Trinajstić information content (AvgIpc) is 3.14. The minimum atomic E-state index is -0.312. The van der Waals surface area contributed by atoms with Gasteiger partial charge >= 0.3 is 0 Å². The molecule has 1 saturated carbocycles. The number of hydrogen-bond donors (Lipinski definition) is 1. The van der Waals surface area contributed by atoms with E-state index in [2.05, 4.69) is 5.32 Å². The summed E-state index contributed by atoms with van der Waals surface area (Å²) >= 11 is 1.57. The monoisotopic (exact) mass is 252 g/mol. The van der Waals surface area contributed by atoms with E-state index in [1.165, 1.54) is 12.8 Å². The molecule has 1 unspecified atom stereocenters. The Morgan fingerprint density at radius 3 is 2.82 bits per heavy atom. The van der Waals surface area contributed by atoms with Gasteiger partial charge in [-0.2, -0.15) is 0 Å². The maximum absolute atomic E-state index is 10.9. The summed E-state index contributed by atoms with van der Waals surface area (Å²) in [7, 11) is 1.96. The van der Waals surface area contributed by atoms with Crippen LogP contribution in [0.2, 0.25) is 0 Å². The number of nitro groups is 1. The predicted molar refractivity (Wildman–Crippen MR) is 69.4 cm³/mol. The van der Waals surface area contributed by atoms with Gasteiger partial charge in [-0.3, -0.25) is 10.1 Å². The number of rotatable bonds is 6. The van der Waals surface area contributed by atoms with Crippen LogP contribution in [0.5, 0.6) is 0 Å². The maximum atomic E-state index is 10.9. The molecule has 5 heteroatoms. The molecule has 4 nitrogen and oxygen atoms in total. The van der Waals surface area contributed by atoms with Crippen molar-refractivity contribution in [3.05, 3.63) is 34.4 Å². The topological polar surface area (TPSA) is 55.2 Å².